The molecule has 2 atom stereocenters. The van der Waals surface area contributed by atoms with Crippen LogP contribution in [0.3, 0.4) is 0 Å². The molecule has 12 heteroatoms. The number of oxazole rings is 1. The Hall–Kier alpha value is -3.60. The summed E-state index contributed by atoms with van der Waals surface area (Å²) in [7, 11) is 1.65. The number of nitrogens with one attached hydrogen (secondary N) is 1. The van der Waals surface area contributed by atoms with E-state index in [0.717, 1.165) is 0 Å². The second-order valence-corrected chi connectivity index (χ2v) is 9.12. The van der Waals surface area contributed by atoms with Crippen LogP contribution in [0, 0.1) is 5.92 Å². The number of hydrogen-bond acceptors (Lipinski definition) is 7. The molecule has 0 unspecified atom stereocenters. The number of amides is 1. The minimum absolute atomic E-state index is 0.0186. The Labute approximate surface area is 204 Å². The first-order valence-corrected chi connectivity index (χ1v) is 11.4. The van der Waals surface area contributed by atoms with Crippen LogP contribution in [0.1, 0.15) is 23.8 Å². The monoisotopic (exact) mass is 501 g/mol. The first-order chi connectivity index (χ1) is 16.7. The Balaban J connectivity index is 1.44. The van der Waals surface area contributed by atoms with Gasteiger partial charge in [0.25, 0.3) is 17.8 Å². The zero-order valence-corrected chi connectivity index (χ0v) is 19.7. The summed E-state index contributed by atoms with van der Waals surface area (Å²) in [5.74, 6) is -3.86. The third-order valence-electron chi connectivity index (χ3n) is 5.99. The third-order valence-corrected chi connectivity index (χ3v) is 6.23. The van der Waals surface area contributed by atoms with Crippen molar-refractivity contribution in [2.45, 2.75) is 25.3 Å². The van der Waals surface area contributed by atoms with Crippen LogP contribution in [0.4, 0.5) is 14.8 Å². The first-order valence-electron chi connectivity index (χ1n) is 11.0. The van der Waals surface area contributed by atoms with Gasteiger partial charge in [-0.3, -0.25) is 9.48 Å². The van der Waals surface area contributed by atoms with E-state index in [1.165, 1.54) is 9.58 Å². The van der Waals surface area contributed by atoms with Gasteiger partial charge in [-0.25, -0.2) is 18.7 Å². The zero-order chi connectivity index (χ0) is 24.7. The van der Waals surface area contributed by atoms with Gasteiger partial charge in [0.1, 0.15) is 5.52 Å². The van der Waals surface area contributed by atoms with Crippen LogP contribution in [0.25, 0.3) is 22.5 Å². The minimum Gasteiger partial charge on any atom is -0.424 e. The lowest BCUT2D eigenvalue weighted by molar-refractivity contribution is -0.0899. The number of carbonyl (C=O) groups is 1. The molecule has 1 aliphatic rings. The summed E-state index contributed by atoms with van der Waals surface area (Å²) in [5, 5.41) is 7.84. The molecule has 0 spiro atoms. The number of piperidine rings is 1. The number of aryl methyl sites for hydroxylation is 1. The van der Waals surface area contributed by atoms with Crippen molar-refractivity contribution in [1.82, 2.24) is 29.6 Å². The van der Waals surface area contributed by atoms with Gasteiger partial charge >= 0.3 is 0 Å². The third kappa shape index (κ3) is 4.68. The predicted octanol–water partition coefficient (Wildman–Crippen LogP) is 4.27. The zero-order valence-electron chi connectivity index (χ0n) is 19.0. The number of likely N-dealkylation sites (tertiary alicyclic amines) is 1. The van der Waals surface area contributed by atoms with Gasteiger partial charge in [-0.1, -0.05) is 18.5 Å². The fourth-order valence-electron chi connectivity index (χ4n) is 4.43. The second-order valence-electron chi connectivity index (χ2n) is 8.69. The molecule has 5 rings (SSSR count). The van der Waals surface area contributed by atoms with E-state index in [4.69, 9.17) is 16.0 Å². The van der Waals surface area contributed by atoms with Gasteiger partial charge in [0.05, 0.1) is 18.2 Å². The fourth-order valence-corrected chi connectivity index (χ4v) is 4.60. The number of nitrogens with zero attached hydrogens (tertiary/aromatic N) is 6. The lowest BCUT2D eigenvalue weighted by Crippen LogP contribution is -2.57. The standard InChI is InChI=1S/C23H22ClF2N7O2/c1-13-9-23(25,26)12-33(17(13)10-29-22-30-16-8-14(24)4-5-18(16)35-22)21(34)19-15(11-32(2)31-19)20-27-6-3-7-28-20/h3-8,11,13,17H,9-10,12H2,1-2H3,(H,29,30)/t13-,17-/m1/s1. The van der Waals surface area contributed by atoms with Crippen molar-refractivity contribution in [1.29, 1.82) is 0 Å². The molecule has 1 N–H and O–H groups in total. The number of alkyl halides is 2. The van der Waals surface area contributed by atoms with Gasteiger partial charge in [0.15, 0.2) is 17.1 Å². The smallest absolute Gasteiger partial charge is 0.295 e. The average Bonchev–Trinajstić information content (AvgIpc) is 3.40. The topological polar surface area (TPSA) is 102 Å². The van der Waals surface area contributed by atoms with Crippen LogP contribution in [0.2, 0.25) is 5.02 Å². The summed E-state index contributed by atoms with van der Waals surface area (Å²) < 4.78 is 36.4. The van der Waals surface area contributed by atoms with E-state index in [-0.39, 0.29) is 24.7 Å². The summed E-state index contributed by atoms with van der Waals surface area (Å²) in [6, 6.07) is 6.35. The summed E-state index contributed by atoms with van der Waals surface area (Å²) in [5.41, 5.74) is 1.50. The number of halogens is 3. The van der Waals surface area contributed by atoms with Crippen molar-refractivity contribution in [3.63, 3.8) is 0 Å². The van der Waals surface area contributed by atoms with Crippen molar-refractivity contribution in [3.05, 3.63) is 53.6 Å². The lowest BCUT2D eigenvalue weighted by atomic mass is 9.88. The Morgan fingerprint density at radius 1 is 1.31 bits per heavy atom. The molecular formula is C23H22ClF2N7O2. The van der Waals surface area contributed by atoms with E-state index >= 15 is 0 Å². The number of rotatable bonds is 5. The van der Waals surface area contributed by atoms with Gasteiger partial charge in [-0.05, 0) is 30.2 Å². The SMILES string of the molecule is C[C@@H]1CC(F)(F)CN(C(=O)c2nn(C)cc2-c2ncccn2)[C@@H]1CNc1nc2cc(Cl)ccc2o1. The molecule has 0 radical (unpaired) electrons. The van der Waals surface area contributed by atoms with E-state index in [1.807, 2.05) is 0 Å². The largest absolute Gasteiger partial charge is 0.424 e. The maximum Gasteiger partial charge on any atom is 0.295 e. The molecule has 1 aromatic carbocycles. The van der Waals surface area contributed by atoms with Gasteiger partial charge in [-0.2, -0.15) is 10.1 Å². The Kier molecular flexibility index (Phi) is 5.87. The molecule has 182 valence electrons. The minimum atomic E-state index is -3.03. The Morgan fingerprint density at radius 2 is 2.09 bits per heavy atom. The molecule has 4 heterocycles. The molecule has 1 amide bonds. The highest BCUT2D eigenvalue weighted by Gasteiger charge is 2.47. The molecule has 4 aromatic rings. The summed E-state index contributed by atoms with van der Waals surface area (Å²) in [4.78, 5) is 27.5. The quantitative estimate of drug-likeness (QED) is 0.435. The van der Waals surface area contributed by atoms with Gasteiger partial charge in [0.2, 0.25) is 0 Å². The van der Waals surface area contributed by atoms with Gasteiger partial charge < -0.3 is 14.6 Å². The van der Waals surface area contributed by atoms with E-state index in [2.05, 4.69) is 25.4 Å². The first kappa shape index (κ1) is 23.2. The molecule has 0 aliphatic carbocycles. The van der Waals surface area contributed by atoms with Crippen LogP contribution in [-0.4, -0.2) is 60.6 Å². The van der Waals surface area contributed by atoms with Crippen LogP contribution in [0.5, 0.6) is 0 Å². The molecule has 0 bridgehead atoms. The van der Waals surface area contributed by atoms with Crippen LogP contribution in [-0.2, 0) is 7.05 Å². The van der Waals surface area contributed by atoms with E-state index in [1.54, 1.807) is 56.8 Å². The number of aromatic nitrogens is 5. The fraction of sp³-hybridized carbons (Fsp3) is 0.348. The second kappa shape index (κ2) is 8.88. The van der Waals surface area contributed by atoms with Crippen molar-refractivity contribution in [2.24, 2.45) is 13.0 Å². The van der Waals surface area contributed by atoms with Crippen molar-refractivity contribution >= 4 is 34.6 Å². The average molecular weight is 502 g/mol. The molecule has 3 aromatic heterocycles. The Bertz CT molecular complexity index is 1370. The van der Waals surface area contributed by atoms with Crippen LogP contribution < -0.4 is 5.32 Å². The molecule has 9 nitrogen and oxygen atoms in total. The molecule has 1 aliphatic heterocycles. The molecule has 1 fully saturated rings. The number of carbonyl (C=O) groups excluding carboxylic acids is 1. The highest BCUT2D eigenvalue weighted by molar-refractivity contribution is 6.31. The molecule has 1 saturated heterocycles. The maximum absolute atomic E-state index is 14.6. The van der Waals surface area contributed by atoms with Crippen LogP contribution >= 0.6 is 11.6 Å². The number of fused-ring (bicyclic) bond motifs is 1. The lowest BCUT2D eigenvalue weighted by Gasteiger charge is -2.43. The maximum atomic E-state index is 14.6. The molecular weight excluding hydrogens is 480 g/mol. The van der Waals surface area contributed by atoms with E-state index in [9.17, 15) is 13.6 Å². The predicted molar refractivity (Wildman–Crippen MR) is 125 cm³/mol. The number of anilines is 1. The summed E-state index contributed by atoms with van der Waals surface area (Å²) in [6.45, 7) is 1.13. The van der Waals surface area contributed by atoms with Crippen molar-refractivity contribution < 1.29 is 18.0 Å². The summed E-state index contributed by atoms with van der Waals surface area (Å²) in [6.07, 6.45) is 4.34. The Morgan fingerprint density at radius 3 is 2.86 bits per heavy atom. The number of benzene rings is 1. The molecule has 35 heavy (non-hydrogen) atoms. The van der Waals surface area contributed by atoms with Gasteiger partial charge in [0, 0.05) is 43.6 Å². The highest BCUT2D eigenvalue weighted by Crippen LogP contribution is 2.36. The van der Waals surface area contributed by atoms with Crippen LogP contribution in [0.15, 0.2) is 47.3 Å². The normalized spacial score (nSPS) is 19.7. The number of hydrogen-bond donors (Lipinski definition) is 1. The summed E-state index contributed by atoms with van der Waals surface area (Å²) >= 11 is 6.01. The van der Waals surface area contributed by atoms with Crippen molar-refractivity contribution in [2.75, 3.05) is 18.4 Å². The van der Waals surface area contributed by atoms with E-state index in [0.29, 0.717) is 27.5 Å². The van der Waals surface area contributed by atoms with Gasteiger partial charge in [-0.15, -0.1) is 0 Å². The highest BCUT2D eigenvalue weighted by atomic mass is 35.5. The van der Waals surface area contributed by atoms with Crippen molar-refractivity contribution in [3.8, 4) is 11.4 Å². The van der Waals surface area contributed by atoms with E-state index < -0.39 is 30.3 Å². The molecule has 0 saturated carbocycles.